The molecule has 0 saturated heterocycles. The Morgan fingerprint density at radius 2 is 1.50 bits per heavy atom. The van der Waals surface area contributed by atoms with Gasteiger partial charge in [-0.1, -0.05) is 0 Å². The zero-order valence-electron chi connectivity index (χ0n) is 8.87. The highest BCUT2D eigenvalue weighted by Gasteiger charge is 2.16. The van der Waals surface area contributed by atoms with Gasteiger partial charge < -0.3 is 4.98 Å². The Kier molecular flexibility index (Phi) is 2.50. The average Bonchev–Trinajstić information content (AvgIpc) is 2.43. The van der Waals surface area contributed by atoms with Crippen LogP contribution in [0.15, 0.2) is 18.2 Å². The van der Waals surface area contributed by atoms with Crippen LogP contribution in [-0.4, -0.2) is 4.98 Å². The van der Waals surface area contributed by atoms with Gasteiger partial charge in [0.2, 0.25) is 0 Å². The van der Waals surface area contributed by atoms with Crippen molar-refractivity contribution in [2.75, 3.05) is 0 Å². The van der Waals surface area contributed by atoms with E-state index in [1.165, 1.54) is 0 Å². The van der Waals surface area contributed by atoms with Gasteiger partial charge in [-0.3, -0.25) is 0 Å². The Morgan fingerprint density at radius 1 is 0.938 bits per heavy atom. The minimum Gasteiger partial charge on any atom is -0.362 e. The maximum Gasteiger partial charge on any atom is 0.136 e. The number of hydrogen-bond donors (Lipinski definition) is 1. The molecule has 1 aromatic carbocycles. The van der Waals surface area contributed by atoms with Gasteiger partial charge in [0.05, 0.1) is 5.56 Å². The molecule has 0 radical (unpaired) electrons. The molecule has 0 aliphatic carbocycles. The van der Waals surface area contributed by atoms with Gasteiger partial charge in [-0.15, -0.1) is 0 Å². The summed E-state index contributed by atoms with van der Waals surface area (Å²) in [5, 5.41) is 0. The predicted octanol–water partition coefficient (Wildman–Crippen LogP) is 3.72. The zero-order chi connectivity index (χ0) is 11.9. The Hall–Kier alpha value is -1.71. The number of benzene rings is 1. The molecule has 4 heteroatoms. The molecule has 84 valence electrons. The second kappa shape index (κ2) is 3.70. The molecule has 0 spiro atoms. The summed E-state index contributed by atoms with van der Waals surface area (Å²) >= 11 is 0. The molecule has 0 saturated carbocycles. The molecular formula is C12H10F3N. The summed E-state index contributed by atoms with van der Waals surface area (Å²) in [6, 6.07) is 3.00. The SMILES string of the molecule is Cc1cc(-c2c(F)cc(F)cc2F)c(C)[nH]1. The molecule has 16 heavy (non-hydrogen) atoms. The molecule has 0 amide bonds. The first kappa shape index (κ1) is 10.8. The van der Waals surface area contributed by atoms with E-state index in [9.17, 15) is 13.2 Å². The third-order valence-corrected chi connectivity index (χ3v) is 2.43. The largest absolute Gasteiger partial charge is 0.362 e. The van der Waals surface area contributed by atoms with Crippen LogP contribution in [0.4, 0.5) is 13.2 Å². The fourth-order valence-corrected chi connectivity index (χ4v) is 1.78. The first-order valence-corrected chi connectivity index (χ1v) is 4.80. The number of nitrogens with one attached hydrogen (secondary N) is 1. The summed E-state index contributed by atoms with van der Waals surface area (Å²) in [4.78, 5) is 2.95. The highest BCUT2D eigenvalue weighted by Crippen LogP contribution is 2.30. The number of aromatic nitrogens is 1. The molecule has 1 N–H and O–H groups in total. The third-order valence-electron chi connectivity index (χ3n) is 2.43. The summed E-state index contributed by atoms with van der Waals surface area (Å²) in [6.45, 7) is 3.50. The number of H-pyrrole nitrogens is 1. The second-order valence-corrected chi connectivity index (χ2v) is 3.74. The topological polar surface area (TPSA) is 15.8 Å². The number of hydrogen-bond acceptors (Lipinski definition) is 0. The molecular weight excluding hydrogens is 215 g/mol. The lowest BCUT2D eigenvalue weighted by Crippen LogP contribution is -1.92. The summed E-state index contributed by atoms with van der Waals surface area (Å²) in [6.07, 6.45) is 0. The van der Waals surface area contributed by atoms with E-state index in [1.54, 1.807) is 19.9 Å². The maximum absolute atomic E-state index is 13.5. The number of aryl methyl sites for hydroxylation is 2. The number of aromatic amines is 1. The van der Waals surface area contributed by atoms with Crippen molar-refractivity contribution >= 4 is 0 Å². The van der Waals surface area contributed by atoms with Gasteiger partial charge in [-0.25, -0.2) is 13.2 Å². The predicted molar refractivity (Wildman–Crippen MR) is 55.6 cm³/mol. The second-order valence-electron chi connectivity index (χ2n) is 3.74. The molecule has 2 aromatic rings. The highest BCUT2D eigenvalue weighted by atomic mass is 19.1. The van der Waals surface area contributed by atoms with Gasteiger partial charge in [-0.2, -0.15) is 0 Å². The Morgan fingerprint density at radius 3 is 1.94 bits per heavy atom. The lowest BCUT2D eigenvalue weighted by atomic mass is 10.0. The highest BCUT2D eigenvalue weighted by molar-refractivity contribution is 5.68. The van der Waals surface area contributed by atoms with Gasteiger partial charge in [0.1, 0.15) is 17.5 Å². The van der Waals surface area contributed by atoms with Gasteiger partial charge >= 0.3 is 0 Å². The van der Waals surface area contributed by atoms with E-state index in [2.05, 4.69) is 4.98 Å². The number of rotatable bonds is 1. The lowest BCUT2D eigenvalue weighted by molar-refractivity contribution is 0.548. The van der Waals surface area contributed by atoms with Crippen molar-refractivity contribution in [2.45, 2.75) is 13.8 Å². The molecule has 1 aromatic heterocycles. The molecule has 1 heterocycles. The fourth-order valence-electron chi connectivity index (χ4n) is 1.78. The van der Waals surface area contributed by atoms with Gasteiger partial charge in [0, 0.05) is 29.1 Å². The van der Waals surface area contributed by atoms with Crippen LogP contribution in [0.1, 0.15) is 11.4 Å². The molecule has 0 aliphatic heterocycles. The summed E-state index contributed by atoms with van der Waals surface area (Å²) in [5.74, 6) is -2.69. The monoisotopic (exact) mass is 225 g/mol. The van der Waals surface area contributed by atoms with Crippen molar-refractivity contribution in [1.82, 2.24) is 4.98 Å². The Labute approximate surface area is 90.9 Å². The van der Waals surface area contributed by atoms with Crippen LogP contribution < -0.4 is 0 Å². The number of halogens is 3. The molecule has 2 rings (SSSR count). The van der Waals surface area contributed by atoms with Crippen LogP contribution in [0.25, 0.3) is 11.1 Å². The molecule has 0 aliphatic rings. The van der Waals surface area contributed by atoms with Crippen molar-refractivity contribution in [3.8, 4) is 11.1 Å². The van der Waals surface area contributed by atoms with E-state index >= 15 is 0 Å². The van der Waals surface area contributed by atoms with Gasteiger partial charge in [0.15, 0.2) is 0 Å². The van der Waals surface area contributed by atoms with Crippen LogP contribution in [0.5, 0.6) is 0 Å². The smallest absolute Gasteiger partial charge is 0.136 e. The van der Waals surface area contributed by atoms with Crippen molar-refractivity contribution in [1.29, 1.82) is 0 Å². The zero-order valence-corrected chi connectivity index (χ0v) is 8.87. The minimum absolute atomic E-state index is 0.191. The third kappa shape index (κ3) is 1.71. The first-order valence-electron chi connectivity index (χ1n) is 4.80. The minimum atomic E-state index is -0.913. The van der Waals surface area contributed by atoms with Crippen LogP contribution in [-0.2, 0) is 0 Å². The van der Waals surface area contributed by atoms with Crippen molar-refractivity contribution < 1.29 is 13.2 Å². The maximum atomic E-state index is 13.5. The fraction of sp³-hybridized carbons (Fsp3) is 0.167. The first-order chi connectivity index (χ1) is 7.49. The van der Waals surface area contributed by atoms with E-state index in [1.807, 2.05) is 0 Å². The van der Waals surface area contributed by atoms with Crippen molar-refractivity contribution in [2.24, 2.45) is 0 Å². The van der Waals surface area contributed by atoms with E-state index in [4.69, 9.17) is 0 Å². The molecule has 1 nitrogen and oxygen atoms in total. The van der Waals surface area contributed by atoms with Gasteiger partial charge in [0.25, 0.3) is 0 Å². The Bertz CT molecular complexity index is 520. The van der Waals surface area contributed by atoms with E-state index < -0.39 is 17.5 Å². The van der Waals surface area contributed by atoms with Crippen molar-refractivity contribution in [3.05, 3.63) is 47.0 Å². The Balaban J connectivity index is 2.69. The van der Waals surface area contributed by atoms with E-state index in [0.717, 1.165) is 5.69 Å². The quantitative estimate of drug-likeness (QED) is 0.761. The van der Waals surface area contributed by atoms with Crippen molar-refractivity contribution in [3.63, 3.8) is 0 Å². The molecule has 0 unspecified atom stereocenters. The molecule has 0 bridgehead atoms. The lowest BCUT2D eigenvalue weighted by Gasteiger charge is -2.04. The summed E-state index contributed by atoms with van der Waals surface area (Å²) in [7, 11) is 0. The van der Waals surface area contributed by atoms with E-state index in [-0.39, 0.29) is 5.56 Å². The normalized spacial score (nSPS) is 10.8. The summed E-state index contributed by atoms with van der Waals surface area (Å²) in [5.41, 5.74) is 1.69. The molecule has 0 atom stereocenters. The van der Waals surface area contributed by atoms with Crippen LogP contribution in [0.2, 0.25) is 0 Å². The standard InChI is InChI=1S/C12H10F3N/c1-6-3-9(7(2)16-6)12-10(14)4-8(13)5-11(12)15/h3-5,16H,1-2H3. The summed E-state index contributed by atoms with van der Waals surface area (Å²) < 4.78 is 39.7. The average molecular weight is 225 g/mol. The van der Waals surface area contributed by atoms with Gasteiger partial charge in [-0.05, 0) is 19.9 Å². The van der Waals surface area contributed by atoms with E-state index in [0.29, 0.717) is 23.4 Å². The van der Waals surface area contributed by atoms with Crippen LogP contribution >= 0.6 is 0 Å². The van der Waals surface area contributed by atoms with Crippen LogP contribution in [0.3, 0.4) is 0 Å². The molecule has 0 fully saturated rings. The van der Waals surface area contributed by atoms with Crippen LogP contribution in [0, 0.1) is 31.3 Å².